The molecule has 0 aliphatic carbocycles. The number of carboxylic acids is 1. The summed E-state index contributed by atoms with van der Waals surface area (Å²) in [6.07, 6.45) is 3.37. The molecule has 0 atom stereocenters. The molecule has 8 heteroatoms. The van der Waals surface area contributed by atoms with E-state index in [0.717, 1.165) is 19.4 Å². The molecule has 0 aliphatic heterocycles. The molecule has 0 bridgehead atoms. The van der Waals surface area contributed by atoms with E-state index in [9.17, 15) is 9.59 Å². The number of aromatic nitrogens is 3. The third-order valence-electron chi connectivity index (χ3n) is 2.61. The fourth-order valence-corrected chi connectivity index (χ4v) is 1.62. The normalized spacial score (nSPS) is 10.8. The third kappa shape index (κ3) is 5.47. The van der Waals surface area contributed by atoms with Gasteiger partial charge in [0.25, 0.3) is 0 Å². The second-order valence-corrected chi connectivity index (χ2v) is 4.27. The molecule has 1 rings (SSSR count). The molecule has 106 valence electrons. The van der Waals surface area contributed by atoms with Gasteiger partial charge in [-0.15, -0.1) is 5.10 Å². The topological polar surface area (TPSA) is 114 Å². The minimum Gasteiger partial charge on any atom is -0.476 e. The van der Waals surface area contributed by atoms with E-state index in [2.05, 4.69) is 17.2 Å². The standard InChI is InChI=1S/C11H19N5O3/c1-2-3-4-15(8-10(12)17)5-6-16-7-9(11(18)19)13-14-16/h7H,2-6,8H2,1H3,(H2,12,17)(H,18,19). The Balaban J connectivity index is 2.49. The summed E-state index contributed by atoms with van der Waals surface area (Å²) in [7, 11) is 0. The van der Waals surface area contributed by atoms with E-state index in [-0.39, 0.29) is 18.1 Å². The predicted octanol–water partition coefficient (Wildman–Crippen LogP) is -0.436. The zero-order valence-electron chi connectivity index (χ0n) is 10.9. The predicted molar refractivity (Wildman–Crippen MR) is 67.5 cm³/mol. The number of aromatic carboxylic acids is 1. The van der Waals surface area contributed by atoms with Gasteiger partial charge in [-0.25, -0.2) is 4.79 Å². The lowest BCUT2D eigenvalue weighted by molar-refractivity contribution is -0.119. The number of primary amides is 1. The van der Waals surface area contributed by atoms with E-state index < -0.39 is 5.97 Å². The summed E-state index contributed by atoms with van der Waals surface area (Å²) in [5.74, 6) is -1.48. The average molecular weight is 269 g/mol. The maximum absolute atomic E-state index is 10.9. The van der Waals surface area contributed by atoms with Crippen LogP contribution in [0.4, 0.5) is 0 Å². The molecular formula is C11H19N5O3. The number of hydrogen-bond donors (Lipinski definition) is 2. The Hall–Kier alpha value is -1.96. The van der Waals surface area contributed by atoms with Gasteiger partial charge in [0.1, 0.15) is 0 Å². The van der Waals surface area contributed by atoms with Crippen LogP contribution in [0.25, 0.3) is 0 Å². The highest BCUT2D eigenvalue weighted by molar-refractivity contribution is 5.84. The monoisotopic (exact) mass is 269 g/mol. The Morgan fingerprint density at radius 1 is 1.47 bits per heavy atom. The highest BCUT2D eigenvalue weighted by Gasteiger charge is 2.11. The Morgan fingerprint density at radius 3 is 2.74 bits per heavy atom. The van der Waals surface area contributed by atoms with Gasteiger partial charge in [0.2, 0.25) is 5.91 Å². The van der Waals surface area contributed by atoms with Crippen molar-refractivity contribution in [2.24, 2.45) is 5.73 Å². The summed E-state index contributed by atoms with van der Waals surface area (Å²) >= 11 is 0. The molecule has 3 N–H and O–H groups in total. The fourth-order valence-electron chi connectivity index (χ4n) is 1.62. The van der Waals surface area contributed by atoms with Gasteiger partial charge < -0.3 is 10.8 Å². The molecule has 0 unspecified atom stereocenters. The minimum absolute atomic E-state index is 0.0880. The van der Waals surface area contributed by atoms with Crippen molar-refractivity contribution in [3.8, 4) is 0 Å². The molecule has 0 saturated heterocycles. The van der Waals surface area contributed by atoms with Gasteiger partial charge in [0.15, 0.2) is 5.69 Å². The van der Waals surface area contributed by atoms with Gasteiger partial charge in [-0.05, 0) is 13.0 Å². The van der Waals surface area contributed by atoms with Crippen molar-refractivity contribution < 1.29 is 14.7 Å². The number of carbonyl (C=O) groups excluding carboxylic acids is 1. The molecule has 8 nitrogen and oxygen atoms in total. The van der Waals surface area contributed by atoms with Gasteiger partial charge in [0, 0.05) is 6.54 Å². The first-order valence-corrected chi connectivity index (χ1v) is 6.17. The highest BCUT2D eigenvalue weighted by atomic mass is 16.4. The van der Waals surface area contributed by atoms with Gasteiger partial charge in [-0.3, -0.25) is 14.4 Å². The maximum Gasteiger partial charge on any atom is 0.358 e. The molecular weight excluding hydrogens is 250 g/mol. The molecule has 0 saturated carbocycles. The SMILES string of the molecule is CCCCN(CCn1cc(C(=O)O)nn1)CC(N)=O. The molecule has 1 amide bonds. The van der Waals surface area contributed by atoms with Crippen LogP contribution in [0.1, 0.15) is 30.3 Å². The molecule has 1 aromatic rings. The minimum atomic E-state index is -1.11. The summed E-state index contributed by atoms with van der Waals surface area (Å²) in [5.41, 5.74) is 5.10. The van der Waals surface area contributed by atoms with Crippen LogP contribution in [0.15, 0.2) is 6.20 Å². The van der Waals surface area contributed by atoms with Gasteiger partial charge in [-0.2, -0.15) is 0 Å². The lowest BCUT2D eigenvalue weighted by Crippen LogP contribution is -2.36. The van der Waals surface area contributed by atoms with Gasteiger partial charge in [-0.1, -0.05) is 18.6 Å². The van der Waals surface area contributed by atoms with E-state index in [0.29, 0.717) is 13.1 Å². The quantitative estimate of drug-likeness (QED) is 0.628. The highest BCUT2D eigenvalue weighted by Crippen LogP contribution is 1.97. The van der Waals surface area contributed by atoms with Crippen LogP contribution in [-0.2, 0) is 11.3 Å². The second kappa shape index (κ2) is 7.47. The first kappa shape index (κ1) is 15.1. The molecule has 0 aliphatic rings. The number of carbonyl (C=O) groups is 2. The van der Waals surface area contributed by atoms with Crippen LogP contribution in [0.3, 0.4) is 0 Å². The number of amides is 1. The molecule has 1 heterocycles. The molecule has 0 spiro atoms. The molecule has 0 aromatic carbocycles. The summed E-state index contributed by atoms with van der Waals surface area (Å²) in [5, 5.41) is 16.0. The number of carboxylic acid groups (broad SMARTS) is 1. The zero-order valence-corrected chi connectivity index (χ0v) is 10.9. The summed E-state index contributed by atoms with van der Waals surface area (Å²) in [6, 6.07) is 0. The number of nitrogens with two attached hydrogens (primary N) is 1. The Bertz CT molecular complexity index is 432. The van der Waals surface area contributed by atoms with Crippen LogP contribution in [-0.4, -0.2) is 56.5 Å². The third-order valence-corrected chi connectivity index (χ3v) is 2.61. The summed E-state index contributed by atoms with van der Waals surface area (Å²) < 4.78 is 1.45. The van der Waals surface area contributed by atoms with Crippen molar-refractivity contribution in [1.82, 2.24) is 19.9 Å². The number of rotatable bonds is 9. The smallest absolute Gasteiger partial charge is 0.358 e. The van der Waals surface area contributed by atoms with Crippen molar-refractivity contribution in [3.05, 3.63) is 11.9 Å². The molecule has 1 aromatic heterocycles. The summed E-state index contributed by atoms with van der Waals surface area (Å²) in [6.45, 7) is 4.09. The maximum atomic E-state index is 10.9. The van der Waals surface area contributed by atoms with Crippen LogP contribution in [0.5, 0.6) is 0 Å². The fraction of sp³-hybridized carbons (Fsp3) is 0.636. The first-order chi connectivity index (χ1) is 9.02. The number of unbranched alkanes of at least 4 members (excludes halogenated alkanes) is 1. The van der Waals surface area contributed by atoms with Crippen molar-refractivity contribution in [2.75, 3.05) is 19.6 Å². The van der Waals surface area contributed by atoms with Crippen LogP contribution in [0.2, 0.25) is 0 Å². The average Bonchev–Trinajstić information content (AvgIpc) is 2.81. The Kier molecular flexibility index (Phi) is 5.94. The van der Waals surface area contributed by atoms with E-state index in [1.807, 2.05) is 4.90 Å². The lowest BCUT2D eigenvalue weighted by atomic mass is 10.3. The lowest BCUT2D eigenvalue weighted by Gasteiger charge is -2.19. The summed E-state index contributed by atoms with van der Waals surface area (Å²) in [4.78, 5) is 23.5. The van der Waals surface area contributed by atoms with Crippen molar-refractivity contribution in [2.45, 2.75) is 26.3 Å². The van der Waals surface area contributed by atoms with Crippen LogP contribution >= 0.6 is 0 Å². The van der Waals surface area contributed by atoms with Crippen molar-refractivity contribution >= 4 is 11.9 Å². The van der Waals surface area contributed by atoms with Crippen molar-refractivity contribution in [1.29, 1.82) is 0 Å². The van der Waals surface area contributed by atoms with E-state index in [4.69, 9.17) is 10.8 Å². The number of hydrogen-bond acceptors (Lipinski definition) is 5. The Morgan fingerprint density at radius 2 is 2.21 bits per heavy atom. The van der Waals surface area contributed by atoms with Crippen LogP contribution in [0, 0.1) is 0 Å². The van der Waals surface area contributed by atoms with E-state index in [1.54, 1.807) is 0 Å². The van der Waals surface area contributed by atoms with E-state index >= 15 is 0 Å². The van der Waals surface area contributed by atoms with Gasteiger partial charge in [0.05, 0.1) is 19.3 Å². The largest absolute Gasteiger partial charge is 0.476 e. The molecule has 0 fully saturated rings. The van der Waals surface area contributed by atoms with Crippen molar-refractivity contribution in [3.63, 3.8) is 0 Å². The Labute approximate surface area is 111 Å². The second-order valence-electron chi connectivity index (χ2n) is 4.27. The zero-order chi connectivity index (χ0) is 14.3. The first-order valence-electron chi connectivity index (χ1n) is 6.17. The number of nitrogens with zero attached hydrogens (tertiary/aromatic N) is 4. The van der Waals surface area contributed by atoms with Crippen LogP contribution < -0.4 is 5.73 Å². The molecule has 0 radical (unpaired) electrons. The molecule has 19 heavy (non-hydrogen) atoms. The van der Waals surface area contributed by atoms with E-state index in [1.165, 1.54) is 10.9 Å². The van der Waals surface area contributed by atoms with Gasteiger partial charge >= 0.3 is 5.97 Å².